The Morgan fingerprint density at radius 1 is 0.909 bits per heavy atom. The molecule has 1 heteroatoms. The van der Waals surface area contributed by atoms with Crippen molar-refractivity contribution in [3.05, 3.63) is 0 Å². The molecule has 0 fully saturated rings. The van der Waals surface area contributed by atoms with Crippen LogP contribution in [0.2, 0.25) is 0 Å². The van der Waals surface area contributed by atoms with E-state index < -0.39 is 0 Å². The van der Waals surface area contributed by atoms with Crippen molar-refractivity contribution in [2.75, 3.05) is 0 Å². The highest BCUT2D eigenvalue weighted by atomic mass is 16.1. The van der Waals surface area contributed by atoms with Gasteiger partial charge in [-0.1, -0.05) is 47.5 Å². The molecule has 11 heavy (non-hydrogen) atoms. The van der Waals surface area contributed by atoms with E-state index >= 15 is 0 Å². The molecule has 0 spiro atoms. The van der Waals surface area contributed by atoms with E-state index in [0.717, 1.165) is 0 Å². The Morgan fingerprint density at radius 2 is 1.00 bits per heavy atom. The van der Waals surface area contributed by atoms with Gasteiger partial charge in [0.1, 0.15) is 5.78 Å². The Hall–Kier alpha value is -0.330. The molecule has 0 aromatic carbocycles. The average molecular weight is 160 g/mol. The molecule has 1 nitrogen and oxygen atoms in total. The van der Waals surface area contributed by atoms with Crippen LogP contribution in [0.1, 0.15) is 60.8 Å². The second-order valence-corrected chi connectivity index (χ2v) is 2.47. The summed E-state index contributed by atoms with van der Waals surface area (Å²) in [5, 5.41) is 0. The van der Waals surface area contributed by atoms with Crippen LogP contribution in [0.4, 0.5) is 0 Å². The van der Waals surface area contributed by atoms with Crippen molar-refractivity contribution < 1.29 is 4.79 Å². The largest absolute Gasteiger partial charge is 0.300 e. The normalized spacial score (nSPS) is 6.73. The monoisotopic (exact) mass is 160 g/mol. The number of ketones is 1. The zero-order valence-electron chi connectivity index (χ0n) is 9.03. The maximum Gasteiger partial charge on any atom is 0.129 e. The summed E-state index contributed by atoms with van der Waals surface area (Å²) in [5.74, 6) is 0.255. The van der Waals surface area contributed by atoms with Gasteiger partial charge in [-0.2, -0.15) is 0 Å². The zero-order chi connectivity index (χ0) is 9.70. The molecule has 0 saturated carbocycles. The van der Waals surface area contributed by atoms with E-state index in [1.807, 2.05) is 6.92 Å². The summed E-state index contributed by atoms with van der Waals surface area (Å²) in [5.41, 5.74) is 0. The summed E-state index contributed by atoms with van der Waals surface area (Å²) < 4.78 is 0. The van der Waals surface area contributed by atoms with Crippen molar-refractivity contribution in [3.63, 3.8) is 0 Å². The lowest BCUT2D eigenvalue weighted by molar-refractivity contribution is -0.116. The third-order valence-corrected chi connectivity index (χ3v) is 0.498. The summed E-state index contributed by atoms with van der Waals surface area (Å²) in [6, 6.07) is 0. The maximum absolute atomic E-state index is 9.81. The number of rotatable bonds is 1. The second kappa shape index (κ2) is 22.6. The van der Waals surface area contributed by atoms with Crippen LogP contribution in [0.25, 0.3) is 0 Å². The fourth-order valence-electron chi connectivity index (χ4n) is 0. The maximum atomic E-state index is 9.81. The summed E-state index contributed by atoms with van der Waals surface area (Å²) in [6.07, 6.45) is 3.17. The van der Waals surface area contributed by atoms with Crippen molar-refractivity contribution >= 4 is 5.78 Å². The number of Topliss-reactive ketones (excluding diaryl/α,β-unsaturated/α-hetero) is 1. The fraction of sp³-hybridized carbons (Fsp3) is 0.900. The Kier molecular flexibility index (Phi) is 34.9. The molecule has 0 unspecified atom stereocenters. The van der Waals surface area contributed by atoms with E-state index in [9.17, 15) is 4.79 Å². The van der Waals surface area contributed by atoms with Crippen molar-refractivity contribution in [2.45, 2.75) is 60.8 Å². The second-order valence-electron chi connectivity index (χ2n) is 2.47. The van der Waals surface area contributed by atoms with Gasteiger partial charge in [-0.15, -0.1) is 0 Å². The van der Waals surface area contributed by atoms with Gasteiger partial charge >= 0.3 is 0 Å². The Labute approximate surface area is 72.2 Å². The van der Waals surface area contributed by atoms with E-state index in [2.05, 4.69) is 27.7 Å². The average Bonchev–Trinajstić information content (AvgIpc) is 1.91. The molecule has 0 amide bonds. The number of carbonyl (C=O) groups excluding carboxylic acids is 1. The molecule has 0 atom stereocenters. The minimum Gasteiger partial charge on any atom is -0.300 e. The van der Waals surface area contributed by atoms with Crippen molar-refractivity contribution in [3.8, 4) is 0 Å². The van der Waals surface area contributed by atoms with Crippen LogP contribution in [-0.4, -0.2) is 5.78 Å². The van der Waals surface area contributed by atoms with Crippen LogP contribution in [-0.2, 0) is 4.79 Å². The van der Waals surface area contributed by atoms with Crippen LogP contribution in [0.15, 0.2) is 0 Å². The molecule has 0 radical (unpaired) electrons. The smallest absolute Gasteiger partial charge is 0.129 e. The highest BCUT2D eigenvalue weighted by Crippen LogP contribution is 1.71. The Bertz CT molecular complexity index is 55.9. The summed E-state index contributed by atoms with van der Waals surface area (Å²) >= 11 is 0. The van der Waals surface area contributed by atoms with Gasteiger partial charge in [0, 0.05) is 6.42 Å². The molecule has 70 valence electrons. The zero-order valence-corrected chi connectivity index (χ0v) is 9.03. The molecule has 0 aromatic heterocycles. The first-order valence-corrected chi connectivity index (χ1v) is 4.59. The van der Waals surface area contributed by atoms with Gasteiger partial charge in [0.15, 0.2) is 0 Å². The highest BCUT2D eigenvalue weighted by molar-refractivity contribution is 5.74. The minimum atomic E-state index is 0.255. The predicted molar refractivity (Wildman–Crippen MR) is 52.9 cm³/mol. The summed E-state index contributed by atoms with van der Waals surface area (Å²) in [4.78, 5) is 9.81. The van der Waals surface area contributed by atoms with Crippen LogP contribution < -0.4 is 0 Å². The molecular formula is C10H24O. The molecular weight excluding hydrogens is 136 g/mol. The van der Waals surface area contributed by atoms with E-state index in [-0.39, 0.29) is 5.78 Å². The van der Waals surface area contributed by atoms with Crippen molar-refractivity contribution in [1.82, 2.24) is 0 Å². The Balaban J connectivity index is -0.0000000933. The van der Waals surface area contributed by atoms with Crippen LogP contribution in [0.5, 0.6) is 0 Å². The van der Waals surface area contributed by atoms with E-state index in [1.165, 1.54) is 12.8 Å². The first kappa shape index (κ1) is 17.0. The van der Waals surface area contributed by atoms with E-state index in [4.69, 9.17) is 0 Å². The lowest BCUT2D eigenvalue weighted by atomic mass is 10.4. The van der Waals surface area contributed by atoms with Crippen LogP contribution in [0, 0.1) is 0 Å². The molecule has 0 aliphatic heterocycles. The van der Waals surface area contributed by atoms with Crippen LogP contribution in [0.3, 0.4) is 0 Å². The third-order valence-electron chi connectivity index (χ3n) is 0.498. The summed E-state index contributed by atoms with van der Waals surface area (Å²) in [6.45, 7) is 11.9. The first-order valence-electron chi connectivity index (χ1n) is 4.59. The quantitative estimate of drug-likeness (QED) is 0.570. The molecule has 0 rings (SSSR count). The van der Waals surface area contributed by atoms with Gasteiger partial charge in [-0.05, 0) is 6.92 Å². The SMILES string of the molecule is CCC.CCC.CCC(C)=O. The molecule has 0 saturated heterocycles. The lowest BCUT2D eigenvalue weighted by Crippen LogP contribution is -1.80. The fourth-order valence-corrected chi connectivity index (χ4v) is 0. The summed E-state index contributed by atoms with van der Waals surface area (Å²) in [7, 11) is 0. The molecule has 0 aliphatic carbocycles. The minimum absolute atomic E-state index is 0.255. The predicted octanol–water partition coefficient (Wildman–Crippen LogP) is 3.82. The number of hydrogen-bond donors (Lipinski definition) is 0. The van der Waals surface area contributed by atoms with Gasteiger partial charge < -0.3 is 4.79 Å². The molecule has 0 bridgehead atoms. The van der Waals surface area contributed by atoms with Crippen LogP contribution >= 0.6 is 0 Å². The molecule has 0 aliphatic rings. The van der Waals surface area contributed by atoms with E-state index in [0.29, 0.717) is 6.42 Å². The van der Waals surface area contributed by atoms with E-state index in [1.54, 1.807) is 6.92 Å². The van der Waals surface area contributed by atoms with Gasteiger partial charge in [0.05, 0.1) is 0 Å². The first-order chi connectivity index (χ1) is 5.10. The third kappa shape index (κ3) is 204. The van der Waals surface area contributed by atoms with Gasteiger partial charge in [0.2, 0.25) is 0 Å². The van der Waals surface area contributed by atoms with Gasteiger partial charge in [-0.25, -0.2) is 0 Å². The lowest BCUT2D eigenvalue weighted by Gasteiger charge is -1.71. The standard InChI is InChI=1S/C4H8O.2C3H8/c1-3-4(2)5;2*1-3-2/h3H2,1-2H3;2*3H2,1-2H3. The van der Waals surface area contributed by atoms with Crippen molar-refractivity contribution in [2.24, 2.45) is 0 Å². The number of carbonyl (C=O) groups is 1. The highest BCUT2D eigenvalue weighted by Gasteiger charge is 1.76. The molecule has 0 heterocycles. The Morgan fingerprint density at radius 3 is 1.00 bits per heavy atom. The van der Waals surface area contributed by atoms with Gasteiger partial charge in [0.25, 0.3) is 0 Å². The van der Waals surface area contributed by atoms with Crippen molar-refractivity contribution in [1.29, 1.82) is 0 Å². The molecule has 0 N–H and O–H groups in total. The number of hydrogen-bond acceptors (Lipinski definition) is 1. The topological polar surface area (TPSA) is 17.1 Å². The van der Waals surface area contributed by atoms with Gasteiger partial charge in [-0.3, -0.25) is 0 Å². The molecule has 0 aromatic rings.